The molecule has 1 unspecified atom stereocenters. The normalized spacial score (nSPS) is 25.8. The molecule has 2 amide bonds. The van der Waals surface area contributed by atoms with E-state index in [9.17, 15) is 27.6 Å². The highest BCUT2D eigenvalue weighted by Crippen LogP contribution is 2.52. The van der Waals surface area contributed by atoms with Crippen LogP contribution in [0.2, 0.25) is 0 Å². The van der Waals surface area contributed by atoms with Crippen LogP contribution in [0.25, 0.3) is 0 Å². The van der Waals surface area contributed by atoms with Crippen LogP contribution in [0.5, 0.6) is 0 Å². The number of benzene rings is 2. The maximum Gasteiger partial charge on any atom is 0.250 e. The first-order valence-electron chi connectivity index (χ1n) is 11.1. The number of amides is 2. The predicted octanol–water partition coefficient (Wildman–Crippen LogP) is 3.89. The third kappa shape index (κ3) is 3.52. The predicted molar refractivity (Wildman–Crippen MR) is 114 cm³/mol. The van der Waals surface area contributed by atoms with Gasteiger partial charge < -0.3 is 5.32 Å². The molecule has 5 nitrogen and oxygen atoms in total. The Bertz CT molecular complexity index is 1140. The summed E-state index contributed by atoms with van der Waals surface area (Å²) < 4.78 is 41.8. The number of anilines is 1. The molecule has 2 aromatic carbocycles. The van der Waals surface area contributed by atoms with Crippen molar-refractivity contribution in [2.45, 2.75) is 56.0 Å². The first-order valence-corrected chi connectivity index (χ1v) is 11.1. The number of aryl methyl sites for hydroxylation is 1. The van der Waals surface area contributed by atoms with E-state index >= 15 is 0 Å². The van der Waals surface area contributed by atoms with Crippen molar-refractivity contribution in [3.8, 4) is 0 Å². The number of carbonyl (C=O) groups excluding carboxylic acids is 3. The summed E-state index contributed by atoms with van der Waals surface area (Å²) in [4.78, 5) is 41.0. The molecule has 3 aliphatic rings. The summed E-state index contributed by atoms with van der Waals surface area (Å²) in [5, 5.41) is 2.64. The number of fused-ring (bicyclic) bond motifs is 1. The Kier molecular flexibility index (Phi) is 5.06. The minimum atomic E-state index is -2.91. The summed E-state index contributed by atoms with van der Waals surface area (Å²) in [6, 6.07) is 11.6. The number of carbonyl (C=O) groups is 3. The van der Waals surface area contributed by atoms with Gasteiger partial charge in [-0.05, 0) is 48.6 Å². The Morgan fingerprint density at radius 3 is 2.45 bits per heavy atom. The van der Waals surface area contributed by atoms with Crippen LogP contribution in [0.15, 0.2) is 48.5 Å². The number of nitrogens with one attached hydrogen (secondary N) is 1. The van der Waals surface area contributed by atoms with Gasteiger partial charge in [0.05, 0.1) is 0 Å². The second-order valence-electron chi connectivity index (χ2n) is 9.16. The zero-order valence-corrected chi connectivity index (χ0v) is 17.8. The van der Waals surface area contributed by atoms with Crippen LogP contribution in [0.1, 0.15) is 43.2 Å². The molecule has 2 atom stereocenters. The number of halogens is 3. The Morgan fingerprint density at radius 2 is 1.79 bits per heavy atom. The Balaban J connectivity index is 1.68. The number of alkyl halides is 2. The quantitative estimate of drug-likeness (QED) is 0.743. The lowest BCUT2D eigenvalue weighted by atomic mass is 9.69. The van der Waals surface area contributed by atoms with Gasteiger partial charge in [0.25, 0.3) is 5.91 Å². The highest BCUT2D eigenvalue weighted by atomic mass is 19.3. The van der Waals surface area contributed by atoms with E-state index in [4.69, 9.17) is 0 Å². The molecule has 8 heteroatoms. The van der Waals surface area contributed by atoms with Crippen LogP contribution in [0.4, 0.5) is 18.9 Å². The maximum absolute atomic E-state index is 14.3. The van der Waals surface area contributed by atoms with Gasteiger partial charge >= 0.3 is 0 Å². The second kappa shape index (κ2) is 7.71. The third-order valence-corrected chi connectivity index (χ3v) is 7.05. The summed E-state index contributed by atoms with van der Waals surface area (Å²) in [6.45, 7) is 0. The Hall–Kier alpha value is -3.16. The monoisotopic (exact) mass is 456 g/mol. The van der Waals surface area contributed by atoms with E-state index in [1.807, 2.05) is 12.1 Å². The van der Waals surface area contributed by atoms with E-state index in [2.05, 4.69) is 5.32 Å². The van der Waals surface area contributed by atoms with E-state index in [1.54, 1.807) is 12.1 Å². The lowest BCUT2D eigenvalue weighted by Gasteiger charge is -2.46. The minimum Gasteiger partial charge on any atom is -0.344 e. The van der Waals surface area contributed by atoms with E-state index in [0.29, 0.717) is 12.0 Å². The van der Waals surface area contributed by atoms with Gasteiger partial charge in [-0.3, -0.25) is 19.3 Å². The van der Waals surface area contributed by atoms with Crippen molar-refractivity contribution in [2.75, 3.05) is 4.90 Å². The Labute approximate surface area is 189 Å². The number of nitrogens with zero attached hydrogens (tertiary/aromatic N) is 1. The smallest absolute Gasteiger partial charge is 0.250 e. The number of hydrogen-bond acceptors (Lipinski definition) is 3. The largest absolute Gasteiger partial charge is 0.344 e. The van der Waals surface area contributed by atoms with Crippen LogP contribution in [-0.2, 0) is 26.3 Å². The van der Waals surface area contributed by atoms with E-state index < -0.39 is 53.8 Å². The van der Waals surface area contributed by atoms with Gasteiger partial charge in [0.15, 0.2) is 5.78 Å². The molecule has 33 heavy (non-hydrogen) atoms. The van der Waals surface area contributed by atoms with Crippen molar-refractivity contribution in [3.63, 3.8) is 0 Å². The van der Waals surface area contributed by atoms with E-state index in [1.165, 1.54) is 29.2 Å². The van der Waals surface area contributed by atoms with Gasteiger partial charge in [-0.2, -0.15) is 0 Å². The lowest BCUT2D eigenvalue weighted by Crippen LogP contribution is -2.61. The number of rotatable bonds is 5. The molecule has 1 heterocycles. The maximum atomic E-state index is 14.3. The fourth-order valence-corrected chi connectivity index (χ4v) is 5.48. The molecule has 172 valence electrons. The molecule has 1 N–H and O–H groups in total. The summed E-state index contributed by atoms with van der Waals surface area (Å²) in [7, 11) is 0. The van der Waals surface area contributed by atoms with Gasteiger partial charge in [-0.15, -0.1) is 0 Å². The Morgan fingerprint density at radius 1 is 1.03 bits per heavy atom. The molecule has 1 aliphatic heterocycles. The third-order valence-electron chi connectivity index (χ3n) is 7.05. The molecule has 5 rings (SSSR count). The highest BCUT2D eigenvalue weighted by molar-refractivity contribution is 6.09. The molecular formula is C25H23F3N2O3. The first-order chi connectivity index (χ1) is 15.7. The van der Waals surface area contributed by atoms with Crippen LogP contribution in [0.3, 0.4) is 0 Å². The number of Topliss-reactive ketones (excluding diaryl/α,β-unsaturated/α-hetero) is 1. The van der Waals surface area contributed by atoms with E-state index in [0.717, 1.165) is 5.56 Å². The molecule has 0 bridgehead atoms. The van der Waals surface area contributed by atoms with Crippen molar-refractivity contribution in [1.82, 2.24) is 5.32 Å². The highest BCUT2D eigenvalue weighted by Gasteiger charge is 2.60. The van der Waals surface area contributed by atoms with Gasteiger partial charge in [0, 0.05) is 30.9 Å². The van der Waals surface area contributed by atoms with Gasteiger partial charge in [0.2, 0.25) is 11.8 Å². The molecule has 1 saturated carbocycles. The minimum absolute atomic E-state index is 0.164. The van der Waals surface area contributed by atoms with Crippen LogP contribution < -0.4 is 10.2 Å². The van der Waals surface area contributed by atoms with Crippen LogP contribution in [-0.4, -0.2) is 29.6 Å². The van der Waals surface area contributed by atoms with Crippen LogP contribution in [0, 0.1) is 11.7 Å². The fourth-order valence-electron chi connectivity index (χ4n) is 5.48. The standard InChI is InChI=1S/C25H23F3N2O3/c26-17-5-3-6-18(12-17)30(23(33)20-8-9-21(31)29-20)25(22(32)16-13-24(27,28)14-16)11-10-15-4-1-2-7-19(15)25/h1-7,12,16,20H,8-11,13-14H2,(H,29,31)/t20-,25?/m0/s1. The molecule has 0 spiro atoms. The molecule has 0 radical (unpaired) electrons. The van der Waals surface area contributed by atoms with Crippen molar-refractivity contribution in [2.24, 2.45) is 5.92 Å². The van der Waals surface area contributed by atoms with Gasteiger partial charge in [0.1, 0.15) is 17.4 Å². The molecule has 2 aliphatic carbocycles. The van der Waals surface area contributed by atoms with Crippen molar-refractivity contribution in [3.05, 3.63) is 65.5 Å². The summed E-state index contributed by atoms with van der Waals surface area (Å²) in [5.41, 5.74) is 0.0432. The van der Waals surface area contributed by atoms with E-state index in [-0.39, 0.29) is 30.9 Å². The number of hydrogen-bond donors (Lipinski definition) is 1. The fraction of sp³-hybridized carbons (Fsp3) is 0.400. The van der Waals surface area contributed by atoms with Crippen LogP contribution >= 0.6 is 0 Å². The first kappa shape index (κ1) is 21.7. The van der Waals surface area contributed by atoms with Crippen molar-refractivity contribution >= 4 is 23.3 Å². The van der Waals surface area contributed by atoms with Gasteiger partial charge in [-0.1, -0.05) is 30.3 Å². The number of ketones is 1. The molecular weight excluding hydrogens is 433 g/mol. The van der Waals surface area contributed by atoms with Crippen molar-refractivity contribution in [1.29, 1.82) is 0 Å². The zero-order chi connectivity index (χ0) is 23.4. The topological polar surface area (TPSA) is 66.5 Å². The van der Waals surface area contributed by atoms with Crippen molar-refractivity contribution < 1.29 is 27.6 Å². The molecule has 0 aromatic heterocycles. The molecule has 2 aromatic rings. The zero-order valence-electron chi connectivity index (χ0n) is 17.8. The summed E-state index contributed by atoms with van der Waals surface area (Å²) in [5.74, 6) is -5.69. The summed E-state index contributed by atoms with van der Waals surface area (Å²) in [6.07, 6.45) is -0.0454. The van der Waals surface area contributed by atoms with Gasteiger partial charge in [-0.25, -0.2) is 13.2 Å². The average molecular weight is 456 g/mol. The second-order valence-corrected chi connectivity index (χ2v) is 9.16. The molecule has 1 saturated heterocycles. The summed E-state index contributed by atoms with van der Waals surface area (Å²) >= 11 is 0. The lowest BCUT2D eigenvalue weighted by molar-refractivity contribution is -0.154. The molecule has 2 fully saturated rings. The SMILES string of the molecule is O=C1CC[C@@H](C(=O)N(c2cccc(F)c2)C2(C(=O)C3CC(F)(F)C3)CCc3ccccc32)N1. The average Bonchev–Trinajstić information content (AvgIpc) is 3.37.